The molecule has 0 radical (unpaired) electrons. The number of hydrogen-bond acceptors (Lipinski definition) is 4. The standard InChI is InChI=1S/C23H22Cl2N2O4S/c1-14-5-4-6-22(15(14)2)31-16(3)23(28)26-19-7-9-21(10-8-19)32(29,30)27-20-12-17(24)11-18(25)13-20/h4-13,16,27H,1-3H3,(H,26,28)/t16-/m0/s1. The molecule has 3 aromatic rings. The van der Waals surface area contributed by atoms with E-state index in [1.807, 2.05) is 32.0 Å². The van der Waals surface area contributed by atoms with Gasteiger partial charge in [-0.25, -0.2) is 8.42 Å². The smallest absolute Gasteiger partial charge is 0.265 e. The third-order valence-electron chi connectivity index (χ3n) is 4.77. The number of halogens is 2. The third-order valence-corrected chi connectivity index (χ3v) is 6.61. The Labute approximate surface area is 197 Å². The van der Waals surface area contributed by atoms with E-state index in [1.54, 1.807) is 6.92 Å². The largest absolute Gasteiger partial charge is 0.481 e. The van der Waals surface area contributed by atoms with Gasteiger partial charge in [-0.05, 0) is 80.4 Å². The van der Waals surface area contributed by atoms with Crippen LogP contribution in [-0.2, 0) is 14.8 Å². The fraction of sp³-hybridized carbons (Fsp3) is 0.174. The van der Waals surface area contributed by atoms with Gasteiger partial charge in [0.2, 0.25) is 0 Å². The predicted molar refractivity (Wildman–Crippen MR) is 128 cm³/mol. The van der Waals surface area contributed by atoms with E-state index in [9.17, 15) is 13.2 Å². The maximum atomic E-state index is 12.6. The molecule has 0 bridgehead atoms. The highest BCUT2D eigenvalue weighted by atomic mass is 35.5. The van der Waals surface area contributed by atoms with Crippen LogP contribution in [-0.4, -0.2) is 20.4 Å². The van der Waals surface area contributed by atoms with Crippen molar-refractivity contribution in [1.82, 2.24) is 0 Å². The van der Waals surface area contributed by atoms with Gasteiger partial charge in [0.15, 0.2) is 6.10 Å². The molecule has 6 nitrogen and oxygen atoms in total. The van der Waals surface area contributed by atoms with Crippen molar-refractivity contribution in [3.05, 3.63) is 81.8 Å². The van der Waals surface area contributed by atoms with Gasteiger partial charge in [-0.3, -0.25) is 9.52 Å². The molecule has 32 heavy (non-hydrogen) atoms. The van der Waals surface area contributed by atoms with Crippen LogP contribution in [0.2, 0.25) is 10.0 Å². The van der Waals surface area contributed by atoms with Crippen molar-refractivity contribution >= 4 is 50.5 Å². The summed E-state index contributed by atoms with van der Waals surface area (Å²) < 4.78 is 33.5. The first-order valence-corrected chi connectivity index (χ1v) is 11.9. The number of carbonyl (C=O) groups excluding carboxylic acids is 1. The first kappa shape index (κ1) is 23.9. The zero-order chi connectivity index (χ0) is 23.5. The van der Waals surface area contributed by atoms with E-state index in [-0.39, 0.29) is 16.5 Å². The van der Waals surface area contributed by atoms with Crippen LogP contribution in [0.1, 0.15) is 18.1 Å². The Kier molecular flexibility index (Phi) is 7.33. The van der Waals surface area contributed by atoms with Gasteiger partial charge in [0, 0.05) is 15.7 Å². The number of anilines is 2. The first-order chi connectivity index (χ1) is 15.0. The number of amides is 1. The number of hydrogen-bond donors (Lipinski definition) is 2. The quantitative estimate of drug-likeness (QED) is 0.435. The Bertz CT molecular complexity index is 1230. The summed E-state index contributed by atoms with van der Waals surface area (Å²) in [4.78, 5) is 12.5. The molecule has 0 saturated heterocycles. The predicted octanol–water partition coefficient (Wildman–Crippen LogP) is 5.82. The van der Waals surface area contributed by atoms with Crippen LogP contribution in [0.4, 0.5) is 11.4 Å². The fourth-order valence-corrected chi connectivity index (χ4v) is 4.45. The second kappa shape index (κ2) is 9.81. The molecule has 3 aromatic carbocycles. The summed E-state index contributed by atoms with van der Waals surface area (Å²) in [6.45, 7) is 5.55. The lowest BCUT2D eigenvalue weighted by Crippen LogP contribution is -2.30. The van der Waals surface area contributed by atoms with Crippen molar-refractivity contribution in [2.75, 3.05) is 10.0 Å². The minimum Gasteiger partial charge on any atom is -0.481 e. The molecule has 0 fully saturated rings. The number of ether oxygens (including phenoxy) is 1. The fourth-order valence-electron chi connectivity index (χ4n) is 2.88. The van der Waals surface area contributed by atoms with Crippen molar-refractivity contribution in [3.63, 3.8) is 0 Å². The average molecular weight is 493 g/mol. The SMILES string of the molecule is Cc1cccc(O[C@@H](C)C(=O)Nc2ccc(S(=O)(=O)Nc3cc(Cl)cc(Cl)c3)cc2)c1C. The summed E-state index contributed by atoms with van der Waals surface area (Å²) in [5, 5.41) is 3.35. The zero-order valence-corrected chi connectivity index (χ0v) is 20.0. The highest BCUT2D eigenvalue weighted by Crippen LogP contribution is 2.25. The first-order valence-electron chi connectivity index (χ1n) is 9.68. The molecule has 0 spiro atoms. The summed E-state index contributed by atoms with van der Waals surface area (Å²) in [7, 11) is -3.86. The highest BCUT2D eigenvalue weighted by molar-refractivity contribution is 7.92. The van der Waals surface area contributed by atoms with E-state index in [4.69, 9.17) is 27.9 Å². The topological polar surface area (TPSA) is 84.5 Å². The van der Waals surface area contributed by atoms with Gasteiger partial charge in [0.05, 0.1) is 10.6 Å². The minimum absolute atomic E-state index is 0.0197. The Morgan fingerprint density at radius 2 is 1.56 bits per heavy atom. The molecule has 0 unspecified atom stereocenters. The van der Waals surface area contributed by atoms with Gasteiger partial charge < -0.3 is 10.1 Å². The maximum absolute atomic E-state index is 12.6. The normalized spacial score (nSPS) is 12.2. The number of rotatable bonds is 7. The number of nitrogens with one attached hydrogen (secondary N) is 2. The number of carbonyl (C=O) groups is 1. The van der Waals surface area contributed by atoms with E-state index in [1.165, 1.54) is 42.5 Å². The van der Waals surface area contributed by atoms with Crippen LogP contribution in [0.15, 0.2) is 65.6 Å². The minimum atomic E-state index is -3.86. The summed E-state index contributed by atoms with van der Waals surface area (Å²) in [6.07, 6.45) is -0.742. The molecule has 1 amide bonds. The zero-order valence-electron chi connectivity index (χ0n) is 17.6. The Balaban J connectivity index is 1.67. The van der Waals surface area contributed by atoms with Crippen LogP contribution < -0.4 is 14.8 Å². The van der Waals surface area contributed by atoms with Crippen LogP contribution in [0, 0.1) is 13.8 Å². The average Bonchev–Trinajstić information content (AvgIpc) is 2.70. The molecule has 1 atom stereocenters. The van der Waals surface area contributed by atoms with Gasteiger partial charge in [-0.1, -0.05) is 35.3 Å². The molecule has 0 saturated carbocycles. The lowest BCUT2D eigenvalue weighted by atomic mass is 10.1. The second-order valence-corrected chi connectivity index (χ2v) is 9.79. The van der Waals surface area contributed by atoms with E-state index >= 15 is 0 Å². The molecule has 0 aliphatic rings. The molecule has 0 heterocycles. The number of sulfonamides is 1. The van der Waals surface area contributed by atoms with Gasteiger partial charge in [-0.2, -0.15) is 0 Å². The van der Waals surface area contributed by atoms with Crippen LogP contribution in [0.3, 0.4) is 0 Å². The van der Waals surface area contributed by atoms with Crippen molar-refractivity contribution in [2.45, 2.75) is 31.8 Å². The van der Waals surface area contributed by atoms with E-state index in [0.717, 1.165) is 11.1 Å². The van der Waals surface area contributed by atoms with Crippen LogP contribution >= 0.6 is 23.2 Å². The Morgan fingerprint density at radius 1 is 0.938 bits per heavy atom. The molecule has 9 heteroatoms. The maximum Gasteiger partial charge on any atom is 0.265 e. The van der Waals surface area contributed by atoms with E-state index < -0.39 is 16.1 Å². The van der Waals surface area contributed by atoms with Crippen molar-refractivity contribution in [3.8, 4) is 5.75 Å². The van der Waals surface area contributed by atoms with Crippen LogP contribution in [0.5, 0.6) is 5.75 Å². The molecule has 168 valence electrons. The Morgan fingerprint density at radius 3 is 2.19 bits per heavy atom. The van der Waals surface area contributed by atoms with E-state index in [2.05, 4.69) is 10.0 Å². The van der Waals surface area contributed by atoms with Crippen LogP contribution in [0.25, 0.3) is 0 Å². The summed E-state index contributed by atoms with van der Waals surface area (Å²) in [5.74, 6) is 0.287. The van der Waals surface area contributed by atoms with Gasteiger partial charge >= 0.3 is 0 Å². The van der Waals surface area contributed by atoms with Gasteiger partial charge in [0.25, 0.3) is 15.9 Å². The summed E-state index contributed by atoms with van der Waals surface area (Å²) in [6, 6.07) is 15.8. The third kappa shape index (κ3) is 5.94. The number of aryl methyl sites for hydroxylation is 1. The lowest BCUT2D eigenvalue weighted by molar-refractivity contribution is -0.122. The monoisotopic (exact) mass is 492 g/mol. The number of benzene rings is 3. The molecule has 0 aliphatic carbocycles. The molecular formula is C23H22Cl2N2O4S. The molecule has 0 aromatic heterocycles. The molecule has 0 aliphatic heterocycles. The lowest BCUT2D eigenvalue weighted by Gasteiger charge is -2.17. The summed E-state index contributed by atoms with van der Waals surface area (Å²) >= 11 is 11.8. The van der Waals surface area contributed by atoms with Crippen molar-refractivity contribution in [2.24, 2.45) is 0 Å². The second-order valence-electron chi connectivity index (χ2n) is 7.24. The molecule has 3 rings (SSSR count). The summed E-state index contributed by atoms with van der Waals surface area (Å²) in [5.41, 5.74) is 2.73. The van der Waals surface area contributed by atoms with E-state index in [0.29, 0.717) is 21.5 Å². The van der Waals surface area contributed by atoms with Crippen molar-refractivity contribution in [1.29, 1.82) is 0 Å². The Hall–Kier alpha value is -2.74. The van der Waals surface area contributed by atoms with Gasteiger partial charge in [-0.15, -0.1) is 0 Å². The van der Waals surface area contributed by atoms with Gasteiger partial charge in [0.1, 0.15) is 5.75 Å². The van der Waals surface area contributed by atoms with Crippen molar-refractivity contribution < 1.29 is 17.9 Å². The molecular weight excluding hydrogens is 471 g/mol. The highest BCUT2D eigenvalue weighted by Gasteiger charge is 2.18. The molecule has 2 N–H and O–H groups in total.